The summed E-state index contributed by atoms with van der Waals surface area (Å²) in [6.07, 6.45) is 4.15. The minimum absolute atomic E-state index is 0. The first-order chi connectivity index (χ1) is 16.0. The molecule has 3 aromatic carbocycles. The van der Waals surface area contributed by atoms with E-state index in [4.69, 9.17) is 0 Å². The van der Waals surface area contributed by atoms with Crippen LogP contribution in [0.15, 0.2) is 78.9 Å². The van der Waals surface area contributed by atoms with Crippen LogP contribution in [0.25, 0.3) is 11.1 Å². The average Bonchev–Trinajstić information content (AvgIpc) is 2.95. The van der Waals surface area contributed by atoms with E-state index in [0.29, 0.717) is 6.54 Å². The lowest BCUT2D eigenvalue weighted by Crippen LogP contribution is -3.00. The van der Waals surface area contributed by atoms with Gasteiger partial charge in [-0.15, -0.1) is 0 Å². The maximum absolute atomic E-state index is 12.6. The third kappa shape index (κ3) is 4.72. The summed E-state index contributed by atoms with van der Waals surface area (Å²) in [6.45, 7) is -1.51. The third-order valence-electron chi connectivity index (χ3n) is 6.51. The normalized spacial score (nSPS) is 20.1. The van der Waals surface area contributed by atoms with E-state index >= 15 is 0 Å². The van der Waals surface area contributed by atoms with E-state index in [2.05, 4.69) is 21.4 Å². The Hall–Kier alpha value is -2.77. The van der Waals surface area contributed by atoms with Crippen LogP contribution >= 0.6 is 0 Å². The number of hydrogen-bond donors (Lipinski definition) is 1. The van der Waals surface area contributed by atoms with Gasteiger partial charge in [-0.1, -0.05) is 54.6 Å². The van der Waals surface area contributed by atoms with Gasteiger partial charge in [0, 0.05) is 12.0 Å². The van der Waals surface area contributed by atoms with Crippen LogP contribution in [0, 0.1) is 0 Å². The molecule has 0 amide bonds. The summed E-state index contributed by atoms with van der Waals surface area (Å²) in [6, 6.07) is 24.7. The molecule has 4 nitrogen and oxygen atoms in total. The van der Waals surface area contributed by atoms with Gasteiger partial charge in [0.05, 0.1) is 6.54 Å². The van der Waals surface area contributed by atoms with Crippen LogP contribution in [0.4, 0.5) is 14.5 Å². The van der Waals surface area contributed by atoms with Gasteiger partial charge in [0.1, 0.15) is 11.4 Å². The third-order valence-corrected chi connectivity index (χ3v) is 6.51. The van der Waals surface area contributed by atoms with Crippen molar-refractivity contribution >= 4 is 11.5 Å². The summed E-state index contributed by atoms with van der Waals surface area (Å²) in [5.74, 6) is 1.18. The number of nitrogens with zero attached hydrogens (tertiary/aromatic N) is 2. The highest BCUT2D eigenvalue weighted by molar-refractivity contribution is 5.97. The number of amidine groups is 1. The predicted molar refractivity (Wildman–Crippen MR) is 125 cm³/mol. The van der Waals surface area contributed by atoms with E-state index in [-0.39, 0.29) is 22.7 Å². The molecule has 0 saturated heterocycles. The fourth-order valence-electron chi connectivity index (χ4n) is 4.94. The first kappa shape index (κ1) is 24.4. The van der Waals surface area contributed by atoms with E-state index in [1.165, 1.54) is 12.1 Å². The van der Waals surface area contributed by atoms with Gasteiger partial charge in [0.2, 0.25) is 0 Å². The predicted octanol–water partition coefficient (Wildman–Crippen LogP) is 2.61. The lowest BCUT2D eigenvalue weighted by atomic mass is 9.96. The summed E-state index contributed by atoms with van der Waals surface area (Å²) >= 11 is 0. The number of anilines is 1. The fraction of sp³-hybridized carbons (Fsp3) is 0.296. The summed E-state index contributed by atoms with van der Waals surface area (Å²) in [7, 11) is 0. The van der Waals surface area contributed by atoms with Crippen molar-refractivity contribution in [3.05, 3.63) is 84.4 Å². The Kier molecular flexibility index (Phi) is 7.33. The molecule has 5 rings (SSSR count). The van der Waals surface area contributed by atoms with E-state index in [1.807, 2.05) is 47.4 Å². The van der Waals surface area contributed by atoms with Crippen LogP contribution in [0.3, 0.4) is 0 Å². The van der Waals surface area contributed by atoms with Crippen molar-refractivity contribution in [1.82, 2.24) is 0 Å². The number of alkyl halides is 2. The number of halogens is 3. The maximum Gasteiger partial charge on any atom is 0.387 e. The molecule has 0 spiro atoms. The Balaban J connectivity index is 0.00000274. The Bertz CT molecular complexity index is 1140. The molecule has 0 bridgehead atoms. The van der Waals surface area contributed by atoms with Crippen LogP contribution in [0.2, 0.25) is 0 Å². The number of ether oxygens (including phenoxy) is 1. The molecule has 2 aliphatic rings. The molecule has 3 aromatic rings. The Labute approximate surface area is 208 Å². The smallest absolute Gasteiger partial charge is 0.387 e. The second-order valence-corrected chi connectivity index (χ2v) is 8.62. The van der Waals surface area contributed by atoms with Crippen LogP contribution in [-0.4, -0.2) is 35.2 Å². The van der Waals surface area contributed by atoms with Gasteiger partial charge in [-0.25, -0.2) is 0 Å². The van der Waals surface area contributed by atoms with Gasteiger partial charge in [0.25, 0.3) is 11.6 Å². The summed E-state index contributed by atoms with van der Waals surface area (Å²) in [5.41, 5.74) is 2.51. The van der Waals surface area contributed by atoms with E-state index < -0.39 is 12.3 Å². The van der Waals surface area contributed by atoms with Gasteiger partial charge in [-0.3, -0.25) is 4.58 Å². The van der Waals surface area contributed by atoms with Crippen molar-refractivity contribution in [2.45, 2.75) is 38.0 Å². The van der Waals surface area contributed by atoms with Crippen LogP contribution in [-0.2, 0) is 5.72 Å². The van der Waals surface area contributed by atoms with Crippen molar-refractivity contribution < 1.29 is 40.2 Å². The standard InChI is InChI=1S/C27H27F2N2O2.BrH/c28-26(29)33-24-16-14-23(15-17-24)31-25-9-5-2-6-18-30(25)19-27(31,32)22-12-10-21(11-13-22)20-7-3-1-4-8-20;/h1,3-4,7-8,10-17,26,32H,2,5-6,9,18-19H2;1H/q+1;/p-1. The van der Waals surface area contributed by atoms with Crippen LogP contribution in [0.1, 0.15) is 31.2 Å². The maximum atomic E-state index is 12.6. The topological polar surface area (TPSA) is 35.7 Å². The zero-order valence-electron chi connectivity index (χ0n) is 18.7. The van der Waals surface area contributed by atoms with E-state index in [1.54, 1.807) is 12.1 Å². The Morgan fingerprint density at radius 2 is 1.53 bits per heavy atom. The van der Waals surface area contributed by atoms with Gasteiger partial charge >= 0.3 is 6.61 Å². The molecule has 34 heavy (non-hydrogen) atoms. The lowest BCUT2D eigenvalue weighted by molar-refractivity contribution is -0.534. The highest BCUT2D eigenvalue weighted by Gasteiger charge is 2.54. The Morgan fingerprint density at radius 1 is 0.853 bits per heavy atom. The van der Waals surface area contributed by atoms with Crippen molar-refractivity contribution in [3.63, 3.8) is 0 Å². The van der Waals surface area contributed by atoms with Crippen LogP contribution in [0.5, 0.6) is 5.75 Å². The molecule has 1 unspecified atom stereocenters. The molecular weight excluding hydrogens is 502 g/mol. The quantitative estimate of drug-likeness (QED) is 0.517. The molecule has 7 heteroatoms. The van der Waals surface area contributed by atoms with Gasteiger partial charge in [-0.05, 0) is 54.7 Å². The number of hydrogen-bond acceptors (Lipinski definition) is 3. The lowest BCUT2D eigenvalue weighted by Gasteiger charge is -2.29. The second kappa shape index (κ2) is 10.2. The first-order valence-corrected chi connectivity index (χ1v) is 11.4. The molecule has 178 valence electrons. The number of benzene rings is 3. The molecule has 2 aliphatic heterocycles. The monoisotopic (exact) mass is 528 g/mol. The van der Waals surface area contributed by atoms with Crippen molar-refractivity contribution in [2.24, 2.45) is 0 Å². The second-order valence-electron chi connectivity index (χ2n) is 8.62. The summed E-state index contributed by atoms with van der Waals surface area (Å²) in [4.78, 5) is 1.97. The molecule has 0 aromatic heterocycles. The highest BCUT2D eigenvalue weighted by Crippen LogP contribution is 2.39. The van der Waals surface area contributed by atoms with Crippen molar-refractivity contribution in [3.8, 4) is 16.9 Å². The fourth-order valence-corrected chi connectivity index (χ4v) is 4.94. The molecule has 2 heterocycles. The minimum atomic E-state index is -2.87. The highest BCUT2D eigenvalue weighted by atomic mass is 79.9. The molecule has 1 atom stereocenters. The minimum Gasteiger partial charge on any atom is -1.00 e. The van der Waals surface area contributed by atoms with Gasteiger partial charge in [-0.2, -0.15) is 13.7 Å². The zero-order chi connectivity index (χ0) is 22.8. The molecule has 0 radical (unpaired) electrons. The summed E-state index contributed by atoms with van der Waals surface area (Å²) in [5, 5.41) is 12.1. The van der Waals surface area contributed by atoms with Crippen molar-refractivity contribution in [1.29, 1.82) is 0 Å². The molecule has 0 fully saturated rings. The van der Waals surface area contributed by atoms with Crippen LogP contribution < -0.4 is 26.6 Å². The SMILES string of the molecule is OC1(c2ccc(-c3ccccc3)cc2)C[N+]2=C(CCCCC2)N1c1ccc(OC(F)F)cc1.[Br-]. The van der Waals surface area contributed by atoms with Crippen molar-refractivity contribution in [2.75, 3.05) is 18.0 Å². The molecule has 0 aliphatic carbocycles. The largest absolute Gasteiger partial charge is 1.00 e. The van der Waals surface area contributed by atoms with E-state index in [9.17, 15) is 13.9 Å². The number of aliphatic hydroxyl groups is 1. The molecular formula is C27H27BrF2N2O2. The first-order valence-electron chi connectivity index (χ1n) is 11.4. The average molecular weight is 529 g/mol. The molecule has 1 N–H and O–H groups in total. The Morgan fingerprint density at radius 3 is 2.21 bits per heavy atom. The van der Waals surface area contributed by atoms with Gasteiger partial charge in [0.15, 0.2) is 6.54 Å². The summed E-state index contributed by atoms with van der Waals surface area (Å²) < 4.78 is 32.0. The zero-order valence-corrected chi connectivity index (χ0v) is 20.3. The van der Waals surface area contributed by atoms with E-state index in [0.717, 1.165) is 60.4 Å². The number of rotatable bonds is 5. The molecule has 0 saturated carbocycles. The van der Waals surface area contributed by atoms with Gasteiger partial charge < -0.3 is 26.8 Å².